The van der Waals surface area contributed by atoms with E-state index in [9.17, 15) is 28.0 Å². The lowest BCUT2D eigenvalue weighted by Crippen LogP contribution is -2.42. The van der Waals surface area contributed by atoms with Crippen LogP contribution < -0.4 is 27.2 Å². The molecule has 0 fully saturated rings. The number of carbonyl (C=O) groups excluding carboxylic acids is 2. The standard InChI is InChI=1S/C20H25F2N5O4/c1-3-5-10-27-17(23)16(19(30)25-20(27)31)26(4-2)15(28)8-9-24-18(29)13-7-6-12(21)11-14(13)22/h6-7,11H,3-5,8-10,23H2,1-2H3,(H,24,29)(H,25,30,31). The van der Waals surface area contributed by atoms with E-state index in [4.69, 9.17) is 5.73 Å². The van der Waals surface area contributed by atoms with Gasteiger partial charge in [-0.3, -0.25) is 23.9 Å². The van der Waals surface area contributed by atoms with Gasteiger partial charge in [-0.2, -0.15) is 0 Å². The molecule has 0 saturated carbocycles. The molecular weight excluding hydrogens is 412 g/mol. The Morgan fingerprint density at radius 3 is 2.55 bits per heavy atom. The number of nitrogens with two attached hydrogens (primary N) is 1. The zero-order valence-electron chi connectivity index (χ0n) is 17.3. The summed E-state index contributed by atoms with van der Waals surface area (Å²) in [5.74, 6) is -3.28. The molecule has 9 nitrogen and oxygen atoms in total. The van der Waals surface area contributed by atoms with Crippen molar-refractivity contribution in [2.75, 3.05) is 23.7 Å². The molecule has 4 N–H and O–H groups in total. The molecule has 2 aromatic rings. The van der Waals surface area contributed by atoms with E-state index < -0.39 is 34.7 Å². The Morgan fingerprint density at radius 2 is 1.94 bits per heavy atom. The highest BCUT2D eigenvalue weighted by molar-refractivity contribution is 5.97. The van der Waals surface area contributed by atoms with Crippen LogP contribution in [0, 0.1) is 11.6 Å². The van der Waals surface area contributed by atoms with Crippen molar-refractivity contribution < 1.29 is 18.4 Å². The van der Waals surface area contributed by atoms with Gasteiger partial charge in [0, 0.05) is 32.1 Å². The molecule has 0 aliphatic heterocycles. The molecule has 0 radical (unpaired) electrons. The number of nitrogen functional groups attached to an aromatic ring is 1. The van der Waals surface area contributed by atoms with Gasteiger partial charge in [0.05, 0.1) is 5.56 Å². The maximum Gasteiger partial charge on any atom is 0.330 e. The lowest BCUT2D eigenvalue weighted by Gasteiger charge is -2.23. The summed E-state index contributed by atoms with van der Waals surface area (Å²) in [6, 6.07) is 2.53. The molecule has 168 valence electrons. The molecule has 0 aliphatic carbocycles. The van der Waals surface area contributed by atoms with E-state index in [-0.39, 0.29) is 43.1 Å². The number of hydrogen-bond acceptors (Lipinski definition) is 5. The zero-order chi connectivity index (χ0) is 23.1. The fourth-order valence-corrected chi connectivity index (χ4v) is 3.02. The van der Waals surface area contributed by atoms with Crippen molar-refractivity contribution in [3.63, 3.8) is 0 Å². The Kier molecular flexibility index (Phi) is 8.06. The largest absolute Gasteiger partial charge is 0.383 e. The molecule has 1 aromatic heterocycles. The van der Waals surface area contributed by atoms with Gasteiger partial charge in [-0.25, -0.2) is 13.6 Å². The Hall–Kier alpha value is -3.50. The molecule has 2 rings (SSSR count). The van der Waals surface area contributed by atoms with E-state index in [1.165, 1.54) is 4.57 Å². The van der Waals surface area contributed by atoms with Crippen LogP contribution in [0.15, 0.2) is 27.8 Å². The van der Waals surface area contributed by atoms with Gasteiger partial charge in [-0.15, -0.1) is 0 Å². The molecule has 1 aromatic carbocycles. The fourth-order valence-electron chi connectivity index (χ4n) is 3.02. The summed E-state index contributed by atoms with van der Waals surface area (Å²) in [7, 11) is 0. The minimum atomic E-state index is -1.02. The van der Waals surface area contributed by atoms with Crippen LogP contribution in [0.4, 0.5) is 20.3 Å². The van der Waals surface area contributed by atoms with Gasteiger partial charge in [0.15, 0.2) is 5.69 Å². The minimum Gasteiger partial charge on any atom is -0.383 e. The van der Waals surface area contributed by atoms with Crippen LogP contribution >= 0.6 is 0 Å². The third-order valence-electron chi connectivity index (χ3n) is 4.64. The highest BCUT2D eigenvalue weighted by Crippen LogP contribution is 2.18. The smallest absolute Gasteiger partial charge is 0.330 e. The summed E-state index contributed by atoms with van der Waals surface area (Å²) in [6.45, 7) is 3.79. The van der Waals surface area contributed by atoms with Crippen molar-refractivity contribution in [2.45, 2.75) is 39.7 Å². The number of benzene rings is 1. The van der Waals surface area contributed by atoms with E-state index in [1.807, 2.05) is 6.92 Å². The lowest BCUT2D eigenvalue weighted by molar-refractivity contribution is -0.118. The summed E-state index contributed by atoms with van der Waals surface area (Å²) < 4.78 is 27.8. The molecule has 0 aliphatic rings. The van der Waals surface area contributed by atoms with Crippen molar-refractivity contribution in [1.82, 2.24) is 14.9 Å². The Labute approximate surface area is 176 Å². The van der Waals surface area contributed by atoms with Crippen molar-refractivity contribution in [2.24, 2.45) is 0 Å². The van der Waals surface area contributed by atoms with Crippen molar-refractivity contribution >= 4 is 23.3 Å². The van der Waals surface area contributed by atoms with E-state index >= 15 is 0 Å². The number of nitrogens with one attached hydrogen (secondary N) is 2. The van der Waals surface area contributed by atoms with E-state index in [1.54, 1.807) is 6.92 Å². The van der Waals surface area contributed by atoms with Gasteiger partial charge in [-0.05, 0) is 25.5 Å². The third kappa shape index (κ3) is 5.56. The highest BCUT2D eigenvalue weighted by atomic mass is 19.1. The number of carbonyl (C=O) groups is 2. The molecular formula is C20H25F2N5O4. The van der Waals surface area contributed by atoms with Gasteiger partial charge in [0.25, 0.3) is 11.5 Å². The number of hydrogen-bond donors (Lipinski definition) is 3. The molecule has 0 atom stereocenters. The predicted molar refractivity (Wildman–Crippen MR) is 112 cm³/mol. The van der Waals surface area contributed by atoms with Crippen molar-refractivity contribution in [1.29, 1.82) is 0 Å². The average Bonchev–Trinajstić information content (AvgIpc) is 2.70. The van der Waals surface area contributed by atoms with Crippen LogP contribution in [-0.4, -0.2) is 34.5 Å². The second-order valence-corrected chi connectivity index (χ2v) is 6.77. The maximum atomic E-state index is 13.7. The third-order valence-corrected chi connectivity index (χ3v) is 4.64. The van der Waals surface area contributed by atoms with Gasteiger partial charge in [0.2, 0.25) is 5.91 Å². The fraction of sp³-hybridized carbons (Fsp3) is 0.400. The van der Waals surface area contributed by atoms with Crippen molar-refractivity contribution in [3.05, 3.63) is 56.2 Å². The van der Waals surface area contributed by atoms with Gasteiger partial charge in [-0.1, -0.05) is 13.3 Å². The Balaban J connectivity index is 2.14. The summed E-state index contributed by atoms with van der Waals surface area (Å²) in [5.41, 5.74) is 4.09. The van der Waals surface area contributed by atoms with Crippen LogP contribution in [-0.2, 0) is 11.3 Å². The first kappa shape index (κ1) is 23.8. The SMILES string of the molecule is CCCCn1c(N)c(N(CC)C(=O)CCNC(=O)c2ccc(F)cc2F)c(=O)[nH]c1=O. The van der Waals surface area contributed by atoms with Crippen LogP contribution in [0.1, 0.15) is 43.5 Å². The second kappa shape index (κ2) is 10.5. The first-order valence-electron chi connectivity index (χ1n) is 9.87. The van der Waals surface area contributed by atoms with Crippen LogP contribution in [0.3, 0.4) is 0 Å². The van der Waals surface area contributed by atoms with E-state index in [0.29, 0.717) is 12.5 Å². The normalized spacial score (nSPS) is 10.7. The second-order valence-electron chi connectivity index (χ2n) is 6.77. The predicted octanol–water partition coefficient (Wildman–Crippen LogP) is 1.37. The van der Waals surface area contributed by atoms with E-state index in [0.717, 1.165) is 23.5 Å². The molecule has 31 heavy (non-hydrogen) atoms. The topological polar surface area (TPSA) is 130 Å². The number of aromatic amines is 1. The molecule has 0 bridgehead atoms. The summed E-state index contributed by atoms with van der Waals surface area (Å²) >= 11 is 0. The summed E-state index contributed by atoms with van der Waals surface area (Å²) in [6.07, 6.45) is 1.24. The molecule has 0 spiro atoms. The monoisotopic (exact) mass is 437 g/mol. The maximum absolute atomic E-state index is 13.7. The zero-order valence-corrected chi connectivity index (χ0v) is 17.3. The number of anilines is 2. The Bertz CT molecular complexity index is 1080. The number of halogens is 2. The summed E-state index contributed by atoms with van der Waals surface area (Å²) in [5, 5.41) is 2.38. The number of rotatable bonds is 9. The number of unbranched alkanes of at least 4 members (excludes halogenated alkanes) is 1. The molecule has 0 unspecified atom stereocenters. The van der Waals surface area contributed by atoms with Crippen LogP contribution in [0.2, 0.25) is 0 Å². The molecule has 0 saturated heterocycles. The molecule has 2 amide bonds. The Morgan fingerprint density at radius 1 is 1.23 bits per heavy atom. The van der Waals surface area contributed by atoms with E-state index in [2.05, 4.69) is 10.3 Å². The van der Waals surface area contributed by atoms with Gasteiger partial charge < -0.3 is 16.0 Å². The average molecular weight is 437 g/mol. The first-order valence-corrected chi connectivity index (χ1v) is 9.87. The van der Waals surface area contributed by atoms with Gasteiger partial charge >= 0.3 is 5.69 Å². The lowest BCUT2D eigenvalue weighted by atomic mass is 10.2. The number of H-pyrrole nitrogens is 1. The quantitative estimate of drug-likeness (QED) is 0.546. The minimum absolute atomic E-state index is 0.0959. The first-order chi connectivity index (χ1) is 14.7. The van der Waals surface area contributed by atoms with Gasteiger partial charge in [0.1, 0.15) is 17.5 Å². The highest BCUT2D eigenvalue weighted by Gasteiger charge is 2.23. The molecule has 11 heteroatoms. The summed E-state index contributed by atoms with van der Waals surface area (Å²) in [4.78, 5) is 52.4. The van der Waals surface area contributed by atoms with Crippen LogP contribution in [0.5, 0.6) is 0 Å². The van der Waals surface area contributed by atoms with Crippen LogP contribution in [0.25, 0.3) is 0 Å². The number of amides is 2. The number of nitrogens with zero attached hydrogens (tertiary/aromatic N) is 2. The van der Waals surface area contributed by atoms with Crippen molar-refractivity contribution in [3.8, 4) is 0 Å². The number of aromatic nitrogens is 2. The molecule has 1 heterocycles.